The molecule has 6 heteroatoms. The van der Waals surface area contributed by atoms with Crippen LogP contribution in [0.5, 0.6) is 0 Å². The number of nitrogens with zero attached hydrogens (tertiary/aromatic N) is 1. The highest BCUT2D eigenvalue weighted by Gasteiger charge is 2.23. The Kier molecular flexibility index (Phi) is 5.44. The Bertz CT molecular complexity index is 477. The molecule has 0 bridgehead atoms. The molecule has 1 aromatic carbocycles. The maximum atomic E-state index is 13.5. The summed E-state index contributed by atoms with van der Waals surface area (Å²) in [5, 5.41) is 2.44. The largest absolute Gasteiger partial charge is 0.330 e. The average molecular weight is 285 g/mol. The number of hydrogen-bond acceptors (Lipinski definition) is 2. The fourth-order valence-corrected chi connectivity index (χ4v) is 1.69. The highest BCUT2D eigenvalue weighted by atomic mass is 19.1. The van der Waals surface area contributed by atoms with Crippen molar-refractivity contribution in [3.8, 4) is 0 Å². The number of anilines is 1. The fourth-order valence-electron chi connectivity index (χ4n) is 1.69. The minimum Gasteiger partial charge on any atom is -0.330 e. The maximum Gasteiger partial charge on any atom is 0.321 e. The summed E-state index contributed by atoms with van der Waals surface area (Å²) >= 11 is 0. The Morgan fingerprint density at radius 2 is 2.05 bits per heavy atom. The van der Waals surface area contributed by atoms with Gasteiger partial charge in [0.05, 0.1) is 5.69 Å². The summed E-state index contributed by atoms with van der Waals surface area (Å²) in [5.74, 6) is -1.48. The maximum absolute atomic E-state index is 13.5. The Balaban J connectivity index is 2.77. The van der Waals surface area contributed by atoms with Crippen LogP contribution in [-0.2, 0) is 0 Å². The molecule has 112 valence electrons. The molecular formula is C14H21F2N3O. The molecule has 4 nitrogen and oxygen atoms in total. The molecule has 0 atom stereocenters. The lowest BCUT2D eigenvalue weighted by atomic mass is 9.93. The van der Waals surface area contributed by atoms with Crippen molar-refractivity contribution in [2.75, 3.05) is 25.0 Å². The lowest BCUT2D eigenvalue weighted by Gasteiger charge is -2.31. The van der Waals surface area contributed by atoms with Crippen molar-refractivity contribution >= 4 is 11.7 Å². The quantitative estimate of drug-likeness (QED) is 0.874. The number of rotatable bonds is 5. The van der Waals surface area contributed by atoms with E-state index in [2.05, 4.69) is 5.32 Å². The summed E-state index contributed by atoms with van der Waals surface area (Å²) in [5.41, 5.74) is 5.37. The summed E-state index contributed by atoms with van der Waals surface area (Å²) < 4.78 is 26.3. The van der Waals surface area contributed by atoms with Gasteiger partial charge in [0.2, 0.25) is 0 Å². The Morgan fingerprint density at radius 3 is 2.55 bits per heavy atom. The normalized spacial score (nSPS) is 11.3. The highest BCUT2D eigenvalue weighted by molar-refractivity contribution is 5.89. The van der Waals surface area contributed by atoms with E-state index in [1.54, 1.807) is 0 Å². The van der Waals surface area contributed by atoms with Gasteiger partial charge in [-0.2, -0.15) is 0 Å². The van der Waals surface area contributed by atoms with Crippen molar-refractivity contribution in [3.05, 3.63) is 29.8 Å². The molecule has 2 amide bonds. The molecule has 0 aliphatic heterocycles. The summed E-state index contributed by atoms with van der Waals surface area (Å²) in [4.78, 5) is 13.6. The van der Waals surface area contributed by atoms with Crippen molar-refractivity contribution in [2.45, 2.75) is 20.8 Å². The molecule has 0 aromatic heterocycles. The summed E-state index contributed by atoms with van der Waals surface area (Å²) in [6.45, 7) is 7.07. The second-order valence-corrected chi connectivity index (χ2v) is 5.44. The van der Waals surface area contributed by atoms with Gasteiger partial charge in [-0.25, -0.2) is 13.6 Å². The van der Waals surface area contributed by atoms with Crippen LogP contribution in [0.15, 0.2) is 18.2 Å². The minimum atomic E-state index is -0.799. The summed E-state index contributed by atoms with van der Waals surface area (Å²) in [6, 6.07) is 2.60. The van der Waals surface area contributed by atoms with Crippen LogP contribution in [0.4, 0.5) is 19.3 Å². The molecule has 20 heavy (non-hydrogen) atoms. The smallest absolute Gasteiger partial charge is 0.321 e. The number of benzene rings is 1. The van der Waals surface area contributed by atoms with Gasteiger partial charge in [0.1, 0.15) is 11.6 Å². The third kappa shape index (κ3) is 4.45. The van der Waals surface area contributed by atoms with Gasteiger partial charge >= 0.3 is 6.03 Å². The molecule has 3 N–H and O–H groups in total. The standard InChI is InChI=1S/C14H21F2N3O/c1-4-19(9-14(2,3)8-17)13(20)18-12-6-5-10(15)7-11(12)16/h5-7H,4,8-9,17H2,1-3H3,(H,18,20). The summed E-state index contributed by atoms with van der Waals surface area (Å²) in [7, 11) is 0. The van der Waals surface area contributed by atoms with E-state index in [1.165, 1.54) is 11.0 Å². The van der Waals surface area contributed by atoms with E-state index in [0.717, 1.165) is 12.1 Å². The molecule has 0 radical (unpaired) electrons. The highest BCUT2D eigenvalue weighted by Crippen LogP contribution is 2.18. The van der Waals surface area contributed by atoms with Gasteiger partial charge in [-0.05, 0) is 31.0 Å². The number of nitrogens with one attached hydrogen (secondary N) is 1. The van der Waals surface area contributed by atoms with Crippen LogP contribution in [0.1, 0.15) is 20.8 Å². The number of carbonyl (C=O) groups excluding carboxylic acids is 1. The van der Waals surface area contributed by atoms with Crippen LogP contribution in [0.25, 0.3) is 0 Å². The van der Waals surface area contributed by atoms with Crippen LogP contribution in [-0.4, -0.2) is 30.6 Å². The van der Waals surface area contributed by atoms with Crippen LogP contribution >= 0.6 is 0 Å². The Morgan fingerprint density at radius 1 is 1.40 bits per heavy atom. The monoisotopic (exact) mass is 285 g/mol. The molecule has 0 fully saturated rings. The van der Waals surface area contributed by atoms with E-state index in [-0.39, 0.29) is 11.1 Å². The third-order valence-electron chi connectivity index (χ3n) is 3.01. The predicted molar refractivity (Wildman–Crippen MR) is 75.5 cm³/mol. The van der Waals surface area contributed by atoms with E-state index in [4.69, 9.17) is 5.73 Å². The molecule has 0 unspecified atom stereocenters. The van der Waals surface area contributed by atoms with E-state index in [1.807, 2.05) is 20.8 Å². The van der Waals surface area contributed by atoms with Crippen molar-refractivity contribution in [1.82, 2.24) is 4.90 Å². The van der Waals surface area contributed by atoms with Crippen LogP contribution < -0.4 is 11.1 Å². The van der Waals surface area contributed by atoms with Crippen LogP contribution in [0.3, 0.4) is 0 Å². The van der Waals surface area contributed by atoms with Crippen LogP contribution in [0, 0.1) is 17.0 Å². The van der Waals surface area contributed by atoms with Gasteiger partial charge in [0.25, 0.3) is 0 Å². The van der Waals surface area contributed by atoms with E-state index < -0.39 is 17.7 Å². The number of nitrogens with two attached hydrogens (primary N) is 1. The molecule has 0 aliphatic carbocycles. The summed E-state index contributed by atoms with van der Waals surface area (Å²) in [6.07, 6.45) is 0. The van der Waals surface area contributed by atoms with Crippen molar-refractivity contribution in [1.29, 1.82) is 0 Å². The third-order valence-corrected chi connectivity index (χ3v) is 3.01. The topological polar surface area (TPSA) is 58.4 Å². The zero-order valence-corrected chi connectivity index (χ0v) is 12.0. The molecule has 0 saturated carbocycles. The number of amides is 2. The average Bonchev–Trinajstić information content (AvgIpc) is 2.39. The van der Waals surface area contributed by atoms with Gasteiger partial charge in [0.15, 0.2) is 0 Å². The van der Waals surface area contributed by atoms with E-state index in [9.17, 15) is 13.6 Å². The molecule has 0 saturated heterocycles. The van der Waals surface area contributed by atoms with Gasteiger partial charge in [-0.3, -0.25) is 0 Å². The fraction of sp³-hybridized carbons (Fsp3) is 0.500. The Labute approximate surface area is 117 Å². The van der Waals surface area contributed by atoms with Crippen molar-refractivity contribution in [3.63, 3.8) is 0 Å². The molecule has 0 aliphatic rings. The first-order chi connectivity index (χ1) is 9.29. The van der Waals surface area contributed by atoms with Gasteiger partial charge in [0, 0.05) is 19.2 Å². The lowest BCUT2D eigenvalue weighted by molar-refractivity contribution is 0.185. The first-order valence-corrected chi connectivity index (χ1v) is 6.50. The van der Waals surface area contributed by atoms with Crippen molar-refractivity contribution in [2.24, 2.45) is 11.1 Å². The molecule has 0 spiro atoms. The first-order valence-electron chi connectivity index (χ1n) is 6.50. The van der Waals surface area contributed by atoms with E-state index in [0.29, 0.717) is 19.6 Å². The molecule has 1 rings (SSSR count). The number of halogens is 2. The first kappa shape index (κ1) is 16.4. The van der Waals surface area contributed by atoms with Crippen molar-refractivity contribution < 1.29 is 13.6 Å². The molecule has 1 aromatic rings. The minimum absolute atomic E-state index is 0.0413. The zero-order chi connectivity index (χ0) is 15.3. The lowest BCUT2D eigenvalue weighted by Crippen LogP contribution is -2.43. The zero-order valence-electron chi connectivity index (χ0n) is 12.0. The second kappa shape index (κ2) is 6.65. The number of carbonyl (C=O) groups is 1. The van der Waals surface area contributed by atoms with Gasteiger partial charge < -0.3 is 16.0 Å². The van der Waals surface area contributed by atoms with Gasteiger partial charge in [-0.1, -0.05) is 13.8 Å². The van der Waals surface area contributed by atoms with Gasteiger partial charge in [-0.15, -0.1) is 0 Å². The molecular weight excluding hydrogens is 264 g/mol. The second-order valence-electron chi connectivity index (χ2n) is 5.44. The molecule has 0 heterocycles. The van der Waals surface area contributed by atoms with E-state index >= 15 is 0 Å². The predicted octanol–water partition coefficient (Wildman–Crippen LogP) is 2.80. The SMILES string of the molecule is CCN(CC(C)(C)CN)C(=O)Nc1ccc(F)cc1F. The Hall–Kier alpha value is -1.69. The number of hydrogen-bond donors (Lipinski definition) is 2. The number of urea groups is 1. The van der Waals surface area contributed by atoms with Crippen LogP contribution in [0.2, 0.25) is 0 Å².